The number of urea groups is 1. The van der Waals surface area contributed by atoms with Gasteiger partial charge in [0.2, 0.25) is 0 Å². The lowest BCUT2D eigenvalue weighted by molar-refractivity contribution is -0.150. The zero-order chi connectivity index (χ0) is 15.5. The summed E-state index contributed by atoms with van der Waals surface area (Å²) in [6.45, 7) is 4.54. The molecule has 0 aromatic heterocycles. The number of carbonyl (C=O) groups excluding carboxylic acids is 1. The fraction of sp³-hybridized carbons (Fsp3) is 0.733. The fourth-order valence-electron chi connectivity index (χ4n) is 2.98. The molecule has 21 heavy (non-hydrogen) atoms. The van der Waals surface area contributed by atoms with Crippen LogP contribution in [0.15, 0.2) is 11.6 Å². The van der Waals surface area contributed by atoms with Gasteiger partial charge in [-0.25, -0.2) is 4.79 Å². The van der Waals surface area contributed by atoms with Crippen molar-refractivity contribution in [3.05, 3.63) is 11.6 Å². The summed E-state index contributed by atoms with van der Waals surface area (Å²) in [5.41, 5.74) is 0.399. The highest BCUT2D eigenvalue weighted by atomic mass is 16.5. The van der Waals surface area contributed by atoms with Crippen LogP contribution >= 0.6 is 0 Å². The number of aliphatic carboxylic acids is 1. The molecule has 2 amide bonds. The molecule has 0 aliphatic carbocycles. The van der Waals surface area contributed by atoms with Gasteiger partial charge < -0.3 is 19.6 Å². The fourth-order valence-corrected chi connectivity index (χ4v) is 2.98. The number of nitrogens with zero attached hydrogens (tertiary/aromatic N) is 2. The predicted octanol–water partition coefficient (Wildman–Crippen LogP) is 1.57. The molecule has 6 nitrogen and oxygen atoms in total. The maximum absolute atomic E-state index is 12.5. The lowest BCUT2D eigenvalue weighted by atomic mass is 9.82. The second-order valence-electron chi connectivity index (χ2n) is 6.16. The molecule has 2 heterocycles. The summed E-state index contributed by atoms with van der Waals surface area (Å²) in [6, 6.07) is -0.0464. The molecule has 6 heteroatoms. The van der Waals surface area contributed by atoms with Crippen molar-refractivity contribution < 1.29 is 19.4 Å². The summed E-state index contributed by atoms with van der Waals surface area (Å²) < 4.78 is 5.10. The van der Waals surface area contributed by atoms with Gasteiger partial charge in [0, 0.05) is 33.3 Å². The van der Waals surface area contributed by atoms with Crippen molar-refractivity contribution in [2.75, 3.05) is 39.9 Å². The van der Waals surface area contributed by atoms with E-state index in [4.69, 9.17) is 4.74 Å². The van der Waals surface area contributed by atoms with Crippen molar-refractivity contribution >= 4 is 12.0 Å². The van der Waals surface area contributed by atoms with Crippen LogP contribution in [-0.2, 0) is 9.53 Å². The number of methoxy groups -OCH3 is 1. The van der Waals surface area contributed by atoms with Crippen LogP contribution in [0.3, 0.4) is 0 Å². The minimum atomic E-state index is -0.819. The summed E-state index contributed by atoms with van der Waals surface area (Å²) in [6.07, 6.45) is 4.23. The first-order chi connectivity index (χ1) is 9.96. The standard InChI is InChI=1S/C15H24N2O4/c1-15(13(18)19)6-3-7-17(11-15)14(20)16-8-4-12(5-9-16)10-21-2/h4H,3,5-11H2,1-2H3,(H,18,19). The summed E-state index contributed by atoms with van der Waals surface area (Å²) in [5, 5.41) is 9.33. The Hall–Kier alpha value is -1.56. The van der Waals surface area contributed by atoms with Gasteiger partial charge in [0.1, 0.15) is 0 Å². The number of likely N-dealkylation sites (tertiary alicyclic amines) is 1. The lowest BCUT2D eigenvalue weighted by Crippen LogP contribution is -2.53. The van der Waals surface area contributed by atoms with Crippen LogP contribution in [0.5, 0.6) is 0 Å². The zero-order valence-corrected chi connectivity index (χ0v) is 12.8. The zero-order valence-electron chi connectivity index (χ0n) is 12.8. The van der Waals surface area contributed by atoms with Gasteiger partial charge in [0.05, 0.1) is 12.0 Å². The van der Waals surface area contributed by atoms with Crippen LogP contribution in [0.25, 0.3) is 0 Å². The number of amides is 2. The largest absolute Gasteiger partial charge is 0.481 e. The van der Waals surface area contributed by atoms with E-state index < -0.39 is 11.4 Å². The number of hydrogen-bond acceptors (Lipinski definition) is 3. The quantitative estimate of drug-likeness (QED) is 0.803. The molecule has 0 saturated carbocycles. The van der Waals surface area contributed by atoms with E-state index in [1.807, 2.05) is 6.08 Å². The monoisotopic (exact) mass is 296 g/mol. The van der Waals surface area contributed by atoms with E-state index in [0.717, 1.165) is 12.8 Å². The highest BCUT2D eigenvalue weighted by Gasteiger charge is 2.40. The van der Waals surface area contributed by atoms with Gasteiger partial charge >= 0.3 is 12.0 Å². The van der Waals surface area contributed by atoms with E-state index in [0.29, 0.717) is 39.2 Å². The first-order valence-corrected chi connectivity index (χ1v) is 7.40. The molecule has 0 bridgehead atoms. The van der Waals surface area contributed by atoms with Crippen molar-refractivity contribution in [1.82, 2.24) is 9.80 Å². The minimum absolute atomic E-state index is 0.0464. The van der Waals surface area contributed by atoms with Crippen LogP contribution < -0.4 is 0 Å². The Morgan fingerprint density at radius 2 is 2.14 bits per heavy atom. The molecule has 118 valence electrons. The van der Waals surface area contributed by atoms with E-state index >= 15 is 0 Å². The van der Waals surface area contributed by atoms with E-state index in [2.05, 4.69) is 0 Å². The molecular weight excluding hydrogens is 272 g/mol. The van der Waals surface area contributed by atoms with Crippen LogP contribution in [0.2, 0.25) is 0 Å². The van der Waals surface area contributed by atoms with Gasteiger partial charge in [0.15, 0.2) is 0 Å². The van der Waals surface area contributed by atoms with Gasteiger partial charge in [-0.1, -0.05) is 6.08 Å². The maximum Gasteiger partial charge on any atom is 0.320 e. The third kappa shape index (κ3) is 3.56. The van der Waals surface area contributed by atoms with Crippen molar-refractivity contribution in [3.8, 4) is 0 Å². The molecule has 1 N–H and O–H groups in total. The number of hydrogen-bond donors (Lipinski definition) is 1. The third-order valence-corrected chi connectivity index (χ3v) is 4.39. The van der Waals surface area contributed by atoms with E-state index in [1.54, 1.807) is 23.8 Å². The highest BCUT2D eigenvalue weighted by molar-refractivity contribution is 5.78. The molecular formula is C15H24N2O4. The normalized spacial score (nSPS) is 26.5. The van der Waals surface area contributed by atoms with Crippen LogP contribution in [-0.4, -0.2) is 66.8 Å². The van der Waals surface area contributed by atoms with Crippen molar-refractivity contribution in [3.63, 3.8) is 0 Å². The molecule has 1 atom stereocenters. The number of ether oxygens (including phenoxy) is 1. The SMILES string of the molecule is COCC1=CCN(C(=O)N2CCCC(C)(C(=O)O)C2)CC1. The Morgan fingerprint density at radius 1 is 1.38 bits per heavy atom. The van der Waals surface area contributed by atoms with Gasteiger partial charge in [-0.2, -0.15) is 0 Å². The summed E-state index contributed by atoms with van der Waals surface area (Å²) >= 11 is 0. The van der Waals surface area contributed by atoms with Gasteiger partial charge in [-0.3, -0.25) is 4.79 Å². The highest BCUT2D eigenvalue weighted by Crippen LogP contribution is 2.30. The number of piperidine rings is 1. The molecule has 0 aromatic carbocycles. The summed E-state index contributed by atoms with van der Waals surface area (Å²) in [7, 11) is 1.67. The third-order valence-electron chi connectivity index (χ3n) is 4.39. The Bertz CT molecular complexity index is 449. The van der Waals surface area contributed by atoms with E-state index in [1.165, 1.54) is 5.57 Å². The van der Waals surface area contributed by atoms with Crippen LogP contribution in [0, 0.1) is 5.41 Å². The Morgan fingerprint density at radius 3 is 2.71 bits per heavy atom. The summed E-state index contributed by atoms with van der Waals surface area (Å²) in [5.74, 6) is -0.819. The number of carbonyl (C=O) groups is 2. The van der Waals surface area contributed by atoms with Crippen molar-refractivity contribution in [2.24, 2.45) is 5.41 Å². The van der Waals surface area contributed by atoms with Gasteiger partial charge in [-0.05, 0) is 31.8 Å². The average molecular weight is 296 g/mol. The molecule has 2 rings (SSSR count). The van der Waals surface area contributed by atoms with E-state index in [9.17, 15) is 14.7 Å². The second-order valence-corrected chi connectivity index (χ2v) is 6.16. The predicted molar refractivity (Wildman–Crippen MR) is 78.1 cm³/mol. The molecule has 0 radical (unpaired) electrons. The van der Waals surface area contributed by atoms with Crippen molar-refractivity contribution in [2.45, 2.75) is 26.2 Å². The van der Waals surface area contributed by atoms with Gasteiger partial charge in [0.25, 0.3) is 0 Å². The number of carboxylic acid groups (broad SMARTS) is 1. The van der Waals surface area contributed by atoms with E-state index in [-0.39, 0.29) is 6.03 Å². The topological polar surface area (TPSA) is 70.1 Å². The molecule has 1 fully saturated rings. The van der Waals surface area contributed by atoms with Crippen molar-refractivity contribution in [1.29, 1.82) is 0 Å². The minimum Gasteiger partial charge on any atom is -0.481 e. The lowest BCUT2D eigenvalue weighted by Gasteiger charge is -2.40. The number of carboxylic acids is 1. The Kier molecular flexibility index (Phi) is 4.88. The number of rotatable bonds is 3. The smallest absolute Gasteiger partial charge is 0.320 e. The second kappa shape index (κ2) is 6.47. The maximum atomic E-state index is 12.5. The van der Waals surface area contributed by atoms with Crippen LogP contribution in [0.1, 0.15) is 26.2 Å². The first-order valence-electron chi connectivity index (χ1n) is 7.40. The molecule has 0 spiro atoms. The van der Waals surface area contributed by atoms with Gasteiger partial charge in [-0.15, -0.1) is 0 Å². The molecule has 1 saturated heterocycles. The van der Waals surface area contributed by atoms with Crippen LogP contribution in [0.4, 0.5) is 4.79 Å². The molecule has 0 aromatic rings. The average Bonchev–Trinajstić information content (AvgIpc) is 2.47. The molecule has 2 aliphatic heterocycles. The Balaban J connectivity index is 1.96. The molecule has 1 unspecified atom stereocenters. The summed E-state index contributed by atoms with van der Waals surface area (Å²) in [4.78, 5) is 27.4. The molecule has 2 aliphatic rings. The Labute approximate surface area is 125 Å². The first kappa shape index (κ1) is 15.8.